The number of sulfone groups is 1. The highest BCUT2D eigenvalue weighted by atomic mass is 32.2. The summed E-state index contributed by atoms with van der Waals surface area (Å²) < 4.78 is 29.4. The summed E-state index contributed by atoms with van der Waals surface area (Å²) in [6.07, 6.45) is -0.198. The molecule has 2 aromatic rings. The predicted octanol–water partition coefficient (Wildman–Crippen LogP) is 3.04. The van der Waals surface area contributed by atoms with Crippen LogP contribution >= 0.6 is 11.3 Å². The van der Waals surface area contributed by atoms with Crippen LogP contribution in [0.15, 0.2) is 40.6 Å². The van der Waals surface area contributed by atoms with E-state index < -0.39 is 21.7 Å². The van der Waals surface area contributed by atoms with Gasteiger partial charge in [0.05, 0.1) is 22.8 Å². The monoisotopic (exact) mass is 381 g/mol. The van der Waals surface area contributed by atoms with Crippen molar-refractivity contribution in [2.75, 3.05) is 17.7 Å². The molecule has 134 valence electrons. The number of carbonyl (C=O) groups excluding carboxylic acids is 2. The molecule has 0 saturated carbocycles. The third-order valence-corrected chi connectivity index (χ3v) is 5.95. The zero-order valence-corrected chi connectivity index (χ0v) is 15.6. The number of hydrogen-bond donors (Lipinski definition) is 1. The topological polar surface area (TPSA) is 89.5 Å². The number of esters is 1. The van der Waals surface area contributed by atoms with Gasteiger partial charge in [-0.2, -0.15) is 0 Å². The number of ether oxygens (including phenoxy) is 1. The predicted molar refractivity (Wildman–Crippen MR) is 96.8 cm³/mol. The van der Waals surface area contributed by atoms with Crippen LogP contribution in [0.4, 0.5) is 5.00 Å². The number of benzene rings is 1. The number of rotatable bonds is 7. The lowest BCUT2D eigenvalue weighted by Crippen LogP contribution is -2.18. The second-order valence-electron chi connectivity index (χ2n) is 5.31. The fourth-order valence-corrected chi connectivity index (χ4v) is 4.09. The van der Waals surface area contributed by atoms with Crippen LogP contribution in [-0.4, -0.2) is 32.7 Å². The molecule has 0 fully saturated rings. The van der Waals surface area contributed by atoms with Crippen molar-refractivity contribution in [2.45, 2.75) is 25.2 Å². The lowest BCUT2D eigenvalue weighted by atomic mass is 10.2. The molecule has 1 N–H and O–H groups in total. The van der Waals surface area contributed by atoms with Crippen molar-refractivity contribution in [2.24, 2.45) is 0 Å². The van der Waals surface area contributed by atoms with E-state index in [2.05, 4.69) is 5.32 Å². The second kappa shape index (κ2) is 8.26. The van der Waals surface area contributed by atoms with Crippen LogP contribution in [0.25, 0.3) is 0 Å². The van der Waals surface area contributed by atoms with Crippen LogP contribution in [0.3, 0.4) is 0 Å². The minimum absolute atomic E-state index is 0.189. The molecule has 0 spiro atoms. The van der Waals surface area contributed by atoms with Gasteiger partial charge >= 0.3 is 5.97 Å². The maximum absolute atomic E-state index is 12.3. The maximum Gasteiger partial charge on any atom is 0.341 e. The molecule has 0 unspecified atom stereocenters. The summed E-state index contributed by atoms with van der Waals surface area (Å²) in [6.45, 7) is 3.79. The van der Waals surface area contributed by atoms with E-state index in [1.165, 1.54) is 23.5 Å². The molecule has 1 amide bonds. The van der Waals surface area contributed by atoms with Crippen molar-refractivity contribution >= 4 is 38.1 Å². The minimum Gasteiger partial charge on any atom is -0.462 e. The van der Waals surface area contributed by atoms with E-state index in [1.807, 2.05) is 6.92 Å². The van der Waals surface area contributed by atoms with E-state index in [1.54, 1.807) is 30.5 Å². The Morgan fingerprint density at radius 2 is 1.84 bits per heavy atom. The number of amides is 1. The van der Waals surface area contributed by atoms with Crippen LogP contribution in [0.2, 0.25) is 0 Å². The summed E-state index contributed by atoms with van der Waals surface area (Å²) in [5.74, 6) is -1.29. The Morgan fingerprint density at radius 1 is 1.16 bits per heavy atom. The highest BCUT2D eigenvalue weighted by Crippen LogP contribution is 2.24. The highest BCUT2D eigenvalue weighted by Gasteiger charge is 2.19. The van der Waals surface area contributed by atoms with Gasteiger partial charge in [0.25, 0.3) is 0 Å². The van der Waals surface area contributed by atoms with Crippen molar-refractivity contribution in [3.8, 4) is 0 Å². The lowest BCUT2D eigenvalue weighted by molar-refractivity contribution is -0.115. The zero-order valence-electron chi connectivity index (χ0n) is 13.9. The van der Waals surface area contributed by atoms with Crippen molar-refractivity contribution in [3.63, 3.8) is 0 Å². The number of nitrogens with one attached hydrogen (secondary N) is 1. The molecule has 2 rings (SSSR count). The van der Waals surface area contributed by atoms with E-state index in [4.69, 9.17) is 4.74 Å². The summed E-state index contributed by atoms with van der Waals surface area (Å²) in [5, 5.41) is 4.59. The SMILES string of the molecule is CCOC(=O)c1ccsc1NC(=O)CCS(=O)(=O)c1ccc(C)cc1. The Morgan fingerprint density at radius 3 is 2.48 bits per heavy atom. The van der Waals surface area contributed by atoms with Crippen molar-refractivity contribution in [1.82, 2.24) is 0 Å². The molecular formula is C17H19NO5S2. The maximum atomic E-state index is 12.3. The first-order valence-electron chi connectivity index (χ1n) is 7.67. The molecule has 1 heterocycles. The zero-order chi connectivity index (χ0) is 18.4. The second-order valence-corrected chi connectivity index (χ2v) is 8.34. The molecular weight excluding hydrogens is 362 g/mol. The lowest BCUT2D eigenvalue weighted by Gasteiger charge is -2.07. The van der Waals surface area contributed by atoms with Crippen LogP contribution in [0.5, 0.6) is 0 Å². The normalized spacial score (nSPS) is 11.1. The van der Waals surface area contributed by atoms with Crippen molar-refractivity contribution in [3.05, 3.63) is 46.8 Å². The number of carbonyl (C=O) groups is 2. The molecule has 0 aliphatic carbocycles. The minimum atomic E-state index is -3.54. The summed E-state index contributed by atoms with van der Waals surface area (Å²) in [5.41, 5.74) is 1.22. The van der Waals surface area contributed by atoms with Crippen molar-refractivity contribution in [1.29, 1.82) is 0 Å². The fourth-order valence-electron chi connectivity index (χ4n) is 2.06. The molecule has 8 heteroatoms. The molecule has 1 aromatic heterocycles. The first kappa shape index (κ1) is 19.1. The van der Waals surface area contributed by atoms with Gasteiger partial charge in [-0.3, -0.25) is 4.79 Å². The Kier molecular flexibility index (Phi) is 6.33. The van der Waals surface area contributed by atoms with Crippen LogP contribution in [0, 0.1) is 6.92 Å². The van der Waals surface area contributed by atoms with Gasteiger partial charge < -0.3 is 10.1 Å². The van der Waals surface area contributed by atoms with Gasteiger partial charge in [0.15, 0.2) is 9.84 Å². The third kappa shape index (κ3) is 5.14. The van der Waals surface area contributed by atoms with Gasteiger partial charge in [-0.1, -0.05) is 17.7 Å². The molecule has 25 heavy (non-hydrogen) atoms. The van der Waals surface area contributed by atoms with Gasteiger partial charge in [-0.05, 0) is 37.4 Å². The molecule has 0 atom stereocenters. The number of hydrogen-bond acceptors (Lipinski definition) is 6. The summed E-state index contributed by atoms with van der Waals surface area (Å²) in [6, 6.07) is 8.04. The average Bonchev–Trinajstić information content (AvgIpc) is 3.02. The summed E-state index contributed by atoms with van der Waals surface area (Å²) >= 11 is 1.18. The Labute approximate surface area is 150 Å². The van der Waals surface area contributed by atoms with Crippen molar-refractivity contribution < 1.29 is 22.7 Å². The van der Waals surface area contributed by atoms with E-state index in [0.29, 0.717) is 5.00 Å². The first-order valence-corrected chi connectivity index (χ1v) is 10.2. The molecule has 0 radical (unpaired) electrons. The number of anilines is 1. The largest absolute Gasteiger partial charge is 0.462 e. The molecule has 0 saturated heterocycles. The summed E-state index contributed by atoms with van der Waals surface area (Å²) in [7, 11) is -3.54. The van der Waals surface area contributed by atoms with Crippen LogP contribution < -0.4 is 5.32 Å². The molecule has 6 nitrogen and oxygen atoms in total. The van der Waals surface area contributed by atoms with E-state index >= 15 is 0 Å². The molecule has 0 aliphatic rings. The van der Waals surface area contributed by atoms with Gasteiger partial charge in [0, 0.05) is 6.42 Å². The Bertz CT molecular complexity index is 853. The van der Waals surface area contributed by atoms with Crippen LogP contribution in [0.1, 0.15) is 29.3 Å². The molecule has 0 aliphatic heterocycles. The fraction of sp³-hybridized carbons (Fsp3) is 0.294. The highest BCUT2D eigenvalue weighted by molar-refractivity contribution is 7.91. The van der Waals surface area contributed by atoms with E-state index in [9.17, 15) is 18.0 Å². The third-order valence-electron chi connectivity index (χ3n) is 3.39. The summed E-state index contributed by atoms with van der Waals surface area (Å²) in [4.78, 5) is 24.0. The van der Waals surface area contributed by atoms with Gasteiger partial charge in [0.2, 0.25) is 5.91 Å². The Balaban J connectivity index is 1.98. The molecule has 1 aromatic carbocycles. The number of thiophene rings is 1. The standard InChI is InChI=1S/C17H19NO5S2/c1-3-23-17(20)14-8-10-24-16(14)18-15(19)9-11-25(21,22)13-6-4-12(2)5-7-13/h4-8,10H,3,9,11H2,1-2H3,(H,18,19). The van der Waals surface area contributed by atoms with E-state index in [0.717, 1.165) is 5.56 Å². The number of aryl methyl sites for hydroxylation is 1. The first-order chi connectivity index (χ1) is 11.8. The van der Waals surface area contributed by atoms with Crippen LogP contribution in [-0.2, 0) is 19.4 Å². The molecule has 0 bridgehead atoms. The van der Waals surface area contributed by atoms with Gasteiger partial charge in [-0.25, -0.2) is 13.2 Å². The smallest absolute Gasteiger partial charge is 0.341 e. The van der Waals surface area contributed by atoms with Gasteiger partial charge in [-0.15, -0.1) is 11.3 Å². The quantitative estimate of drug-likeness (QED) is 0.745. The van der Waals surface area contributed by atoms with E-state index in [-0.39, 0.29) is 29.2 Å². The van der Waals surface area contributed by atoms with Gasteiger partial charge in [0.1, 0.15) is 5.00 Å². The average molecular weight is 381 g/mol. The Hall–Kier alpha value is -2.19.